The second-order valence-corrected chi connectivity index (χ2v) is 8.58. The third kappa shape index (κ3) is 3.88. The van der Waals surface area contributed by atoms with Crippen molar-refractivity contribution in [1.29, 1.82) is 0 Å². The summed E-state index contributed by atoms with van der Waals surface area (Å²) in [6, 6.07) is 10.3. The van der Waals surface area contributed by atoms with Gasteiger partial charge in [0, 0.05) is 38.4 Å². The third-order valence-electron chi connectivity index (χ3n) is 6.33. The Kier molecular flexibility index (Phi) is 6.28. The number of benzene rings is 1. The number of rotatable bonds is 7. The zero-order chi connectivity index (χ0) is 20.3. The van der Waals surface area contributed by atoms with Gasteiger partial charge in [-0.3, -0.25) is 14.6 Å². The fraction of sp³-hybridized carbons (Fsp3) is 0.636. The average Bonchev–Trinajstić information content (AvgIpc) is 2.95. The largest absolute Gasteiger partial charge is 0.369 e. The molecule has 0 atom stereocenters. The molecule has 1 N–H and O–H groups in total. The van der Waals surface area contributed by atoms with E-state index >= 15 is 0 Å². The quantitative estimate of drug-likeness (QED) is 0.732. The fourth-order valence-corrected chi connectivity index (χ4v) is 4.59. The summed E-state index contributed by atoms with van der Waals surface area (Å²) in [6.45, 7) is 13.5. The number of nitrogens with one attached hydrogen (secondary N) is 1. The van der Waals surface area contributed by atoms with E-state index in [-0.39, 0.29) is 23.8 Å². The lowest BCUT2D eigenvalue weighted by atomic mass is 9.77. The summed E-state index contributed by atoms with van der Waals surface area (Å²) in [6.07, 6.45) is 0.816. The van der Waals surface area contributed by atoms with Crippen LogP contribution in [0, 0.1) is 11.8 Å². The zero-order valence-corrected chi connectivity index (χ0v) is 17.6. The number of amides is 3. The molecule has 0 saturated carbocycles. The van der Waals surface area contributed by atoms with E-state index in [1.165, 1.54) is 10.6 Å². The van der Waals surface area contributed by atoms with Gasteiger partial charge < -0.3 is 10.2 Å². The minimum Gasteiger partial charge on any atom is -0.369 e. The molecule has 2 saturated heterocycles. The van der Waals surface area contributed by atoms with E-state index in [1.54, 1.807) is 0 Å². The van der Waals surface area contributed by atoms with E-state index in [0.29, 0.717) is 6.54 Å². The van der Waals surface area contributed by atoms with Crippen LogP contribution in [0.4, 0.5) is 10.5 Å². The topological polar surface area (TPSA) is 55.9 Å². The fourth-order valence-electron chi connectivity index (χ4n) is 4.59. The van der Waals surface area contributed by atoms with E-state index < -0.39 is 5.54 Å². The maximum Gasteiger partial charge on any atom is 0.325 e. The van der Waals surface area contributed by atoms with Gasteiger partial charge in [0.05, 0.1) is 0 Å². The maximum absolute atomic E-state index is 13.0. The molecular formula is C22H34N4O2. The smallest absolute Gasteiger partial charge is 0.325 e. The second kappa shape index (κ2) is 8.52. The highest BCUT2D eigenvalue weighted by molar-refractivity contribution is 6.07. The van der Waals surface area contributed by atoms with E-state index in [4.69, 9.17) is 0 Å². The molecule has 3 rings (SSSR count). The summed E-state index contributed by atoms with van der Waals surface area (Å²) in [5.74, 6) is 0.0800. The first-order chi connectivity index (χ1) is 13.4. The Morgan fingerprint density at radius 1 is 0.929 bits per heavy atom. The van der Waals surface area contributed by atoms with Crippen LogP contribution >= 0.6 is 0 Å². The standard InChI is InChI=1S/C22H34N4O2/c1-17(2)22(18(3)4)20(27)26(21(28)23-22)12-8-11-24-13-15-25(16-14-24)19-9-6-5-7-10-19/h5-7,9-10,17-18H,8,11-16H2,1-4H3,(H,23,28). The molecule has 3 amide bonds. The minimum absolute atomic E-state index is 0.0589. The number of carbonyl (C=O) groups excluding carboxylic acids is 2. The number of carbonyl (C=O) groups is 2. The highest BCUT2D eigenvalue weighted by Crippen LogP contribution is 2.33. The van der Waals surface area contributed by atoms with Crippen LogP contribution in [0.3, 0.4) is 0 Å². The summed E-state index contributed by atoms with van der Waals surface area (Å²) < 4.78 is 0. The molecular weight excluding hydrogens is 352 g/mol. The van der Waals surface area contributed by atoms with Crippen LogP contribution in [0.25, 0.3) is 0 Å². The van der Waals surface area contributed by atoms with Crippen molar-refractivity contribution >= 4 is 17.6 Å². The highest BCUT2D eigenvalue weighted by atomic mass is 16.2. The Morgan fingerprint density at radius 3 is 2.07 bits per heavy atom. The van der Waals surface area contributed by atoms with Crippen molar-refractivity contribution in [2.45, 2.75) is 39.7 Å². The van der Waals surface area contributed by atoms with Crippen molar-refractivity contribution in [3.8, 4) is 0 Å². The number of imide groups is 1. The first-order valence-corrected chi connectivity index (χ1v) is 10.5. The molecule has 0 radical (unpaired) electrons. The molecule has 2 aliphatic rings. The number of piperazine rings is 1. The van der Waals surface area contributed by atoms with Crippen LogP contribution in [-0.2, 0) is 4.79 Å². The Labute approximate surface area is 168 Å². The monoisotopic (exact) mass is 386 g/mol. The molecule has 1 aromatic carbocycles. The minimum atomic E-state index is -0.765. The Morgan fingerprint density at radius 2 is 1.54 bits per heavy atom. The summed E-state index contributed by atoms with van der Waals surface area (Å²) in [4.78, 5) is 31.8. The van der Waals surface area contributed by atoms with Crippen molar-refractivity contribution in [3.63, 3.8) is 0 Å². The molecule has 28 heavy (non-hydrogen) atoms. The van der Waals surface area contributed by atoms with Crippen LogP contribution in [0.5, 0.6) is 0 Å². The third-order valence-corrected chi connectivity index (χ3v) is 6.33. The molecule has 0 spiro atoms. The predicted molar refractivity (Wildman–Crippen MR) is 112 cm³/mol. The van der Waals surface area contributed by atoms with E-state index in [9.17, 15) is 9.59 Å². The first kappa shape index (κ1) is 20.6. The number of hydrogen-bond acceptors (Lipinski definition) is 4. The van der Waals surface area contributed by atoms with Gasteiger partial charge in [-0.05, 0) is 36.9 Å². The predicted octanol–water partition coefficient (Wildman–Crippen LogP) is 2.80. The van der Waals surface area contributed by atoms with Crippen LogP contribution in [-0.4, -0.2) is 66.5 Å². The molecule has 154 valence electrons. The van der Waals surface area contributed by atoms with Crippen molar-refractivity contribution < 1.29 is 9.59 Å². The van der Waals surface area contributed by atoms with Gasteiger partial charge in [-0.25, -0.2) is 4.79 Å². The molecule has 0 unspecified atom stereocenters. The molecule has 0 aromatic heterocycles. The molecule has 0 aliphatic carbocycles. The van der Waals surface area contributed by atoms with Gasteiger partial charge in [0.15, 0.2) is 0 Å². The molecule has 2 fully saturated rings. The molecule has 1 aromatic rings. The number of urea groups is 1. The lowest BCUT2D eigenvalue weighted by Gasteiger charge is -2.36. The average molecular weight is 387 g/mol. The zero-order valence-electron chi connectivity index (χ0n) is 17.6. The normalized spacial score (nSPS) is 20.4. The Bertz CT molecular complexity index is 673. The summed E-state index contributed by atoms with van der Waals surface area (Å²) in [5, 5.41) is 3.00. The number of anilines is 1. The van der Waals surface area contributed by atoms with Gasteiger partial charge >= 0.3 is 6.03 Å². The lowest BCUT2D eigenvalue weighted by Crippen LogP contribution is -2.55. The first-order valence-electron chi connectivity index (χ1n) is 10.5. The Balaban J connectivity index is 1.48. The summed E-state index contributed by atoms with van der Waals surface area (Å²) in [7, 11) is 0. The van der Waals surface area contributed by atoms with Gasteiger partial charge in [-0.1, -0.05) is 45.9 Å². The maximum atomic E-state index is 13.0. The molecule has 2 heterocycles. The van der Waals surface area contributed by atoms with E-state index in [0.717, 1.165) is 39.1 Å². The molecule has 0 bridgehead atoms. The van der Waals surface area contributed by atoms with E-state index in [1.807, 2.05) is 33.8 Å². The van der Waals surface area contributed by atoms with Gasteiger partial charge in [0.25, 0.3) is 5.91 Å². The van der Waals surface area contributed by atoms with E-state index in [2.05, 4.69) is 39.4 Å². The van der Waals surface area contributed by atoms with Crippen molar-refractivity contribution in [1.82, 2.24) is 15.1 Å². The second-order valence-electron chi connectivity index (χ2n) is 8.58. The number of nitrogens with zero attached hydrogens (tertiary/aromatic N) is 3. The lowest BCUT2D eigenvalue weighted by molar-refractivity contribution is -0.134. The molecule has 6 heteroatoms. The van der Waals surface area contributed by atoms with Gasteiger partial charge in [0.1, 0.15) is 5.54 Å². The van der Waals surface area contributed by atoms with Gasteiger partial charge in [-0.2, -0.15) is 0 Å². The SMILES string of the molecule is CC(C)C1(C(C)C)NC(=O)N(CCCN2CCN(c3ccccc3)CC2)C1=O. The number of para-hydroxylation sites is 1. The number of hydrogen-bond donors (Lipinski definition) is 1. The highest BCUT2D eigenvalue weighted by Gasteiger charge is 2.54. The van der Waals surface area contributed by atoms with Crippen LogP contribution < -0.4 is 10.2 Å². The Hall–Kier alpha value is -2.08. The van der Waals surface area contributed by atoms with Crippen LogP contribution in [0.15, 0.2) is 30.3 Å². The molecule has 2 aliphatic heterocycles. The van der Waals surface area contributed by atoms with Crippen molar-refractivity contribution in [2.75, 3.05) is 44.2 Å². The summed E-state index contributed by atoms with van der Waals surface area (Å²) in [5.41, 5.74) is 0.512. The van der Waals surface area contributed by atoms with Crippen LogP contribution in [0.1, 0.15) is 34.1 Å². The van der Waals surface area contributed by atoms with Crippen molar-refractivity contribution in [3.05, 3.63) is 30.3 Å². The van der Waals surface area contributed by atoms with Crippen LogP contribution in [0.2, 0.25) is 0 Å². The van der Waals surface area contributed by atoms with Gasteiger partial charge in [-0.15, -0.1) is 0 Å². The summed E-state index contributed by atoms with van der Waals surface area (Å²) >= 11 is 0. The van der Waals surface area contributed by atoms with Crippen molar-refractivity contribution in [2.24, 2.45) is 11.8 Å². The van der Waals surface area contributed by atoms with Gasteiger partial charge in [0.2, 0.25) is 0 Å². The molecule has 6 nitrogen and oxygen atoms in total.